The van der Waals surface area contributed by atoms with E-state index in [0.717, 1.165) is 47.8 Å². The molecule has 1 unspecified atom stereocenters. The largest absolute Gasteiger partial charge is 0.467 e. The fraction of sp³-hybridized carbons (Fsp3) is 0.370. The van der Waals surface area contributed by atoms with Crippen LogP contribution in [0.2, 0.25) is 0 Å². The minimum absolute atomic E-state index is 0.176. The summed E-state index contributed by atoms with van der Waals surface area (Å²) in [5, 5.41) is 2.76. The van der Waals surface area contributed by atoms with E-state index in [1.807, 2.05) is 13.0 Å². The van der Waals surface area contributed by atoms with Crippen molar-refractivity contribution in [3.05, 3.63) is 53.5 Å². The summed E-state index contributed by atoms with van der Waals surface area (Å²) >= 11 is 0. The van der Waals surface area contributed by atoms with Crippen LogP contribution in [0.1, 0.15) is 37.8 Å². The third-order valence-electron chi connectivity index (χ3n) is 6.63. The number of piperidine rings is 1. The molecule has 0 bridgehead atoms. The Morgan fingerprint density at radius 3 is 2.82 bits per heavy atom. The van der Waals surface area contributed by atoms with Gasteiger partial charge in [-0.1, -0.05) is 38.1 Å². The Bertz CT molecular complexity index is 1350. The Hall–Kier alpha value is -3.28. The molecule has 5 nitrogen and oxygen atoms in total. The van der Waals surface area contributed by atoms with Crippen molar-refractivity contribution in [3.8, 4) is 17.3 Å². The highest BCUT2D eigenvalue weighted by molar-refractivity contribution is 6.01. The number of benzene rings is 2. The SMILES string of the molecule is CCc1cccc2cc(C)cc(-c3ncc4c(N5CCCC(C)C5)nc(OC)nc4c3F)c12. The van der Waals surface area contributed by atoms with Crippen LogP contribution in [-0.4, -0.2) is 35.2 Å². The molecule has 1 fully saturated rings. The molecule has 5 rings (SSSR count). The monoisotopic (exact) mass is 444 g/mol. The second-order valence-corrected chi connectivity index (χ2v) is 9.09. The lowest BCUT2D eigenvalue weighted by molar-refractivity contribution is 0.379. The first kappa shape index (κ1) is 21.6. The van der Waals surface area contributed by atoms with Gasteiger partial charge in [-0.3, -0.25) is 4.98 Å². The number of pyridine rings is 1. The van der Waals surface area contributed by atoms with Crippen molar-refractivity contribution >= 4 is 27.5 Å². The lowest BCUT2D eigenvalue weighted by Crippen LogP contribution is -2.35. The van der Waals surface area contributed by atoms with Crippen LogP contribution in [-0.2, 0) is 6.42 Å². The van der Waals surface area contributed by atoms with Gasteiger partial charge in [0.15, 0.2) is 5.82 Å². The van der Waals surface area contributed by atoms with Gasteiger partial charge >= 0.3 is 6.01 Å². The van der Waals surface area contributed by atoms with E-state index in [2.05, 4.69) is 58.0 Å². The minimum Gasteiger partial charge on any atom is -0.467 e. The van der Waals surface area contributed by atoms with E-state index in [-0.39, 0.29) is 11.5 Å². The Labute approximate surface area is 193 Å². The number of ether oxygens (including phenoxy) is 1. The van der Waals surface area contributed by atoms with Crippen molar-refractivity contribution in [2.45, 2.75) is 40.0 Å². The molecule has 33 heavy (non-hydrogen) atoms. The number of hydrogen-bond acceptors (Lipinski definition) is 5. The molecule has 1 saturated heterocycles. The zero-order chi connectivity index (χ0) is 23.1. The molecule has 1 atom stereocenters. The van der Waals surface area contributed by atoms with Gasteiger partial charge in [-0.05, 0) is 60.1 Å². The fourth-order valence-corrected chi connectivity index (χ4v) is 5.06. The Morgan fingerprint density at radius 1 is 1.21 bits per heavy atom. The van der Waals surface area contributed by atoms with Gasteiger partial charge in [-0.2, -0.15) is 9.97 Å². The third-order valence-corrected chi connectivity index (χ3v) is 6.63. The van der Waals surface area contributed by atoms with Crippen molar-refractivity contribution in [3.63, 3.8) is 0 Å². The van der Waals surface area contributed by atoms with Crippen LogP contribution < -0.4 is 9.64 Å². The van der Waals surface area contributed by atoms with E-state index < -0.39 is 5.82 Å². The molecule has 3 heterocycles. The summed E-state index contributed by atoms with van der Waals surface area (Å²) in [5.74, 6) is 0.819. The molecule has 0 saturated carbocycles. The van der Waals surface area contributed by atoms with Gasteiger partial charge in [0, 0.05) is 24.8 Å². The number of methoxy groups -OCH3 is 1. The van der Waals surface area contributed by atoms with Crippen LogP contribution in [0, 0.1) is 18.7 Å². The van der Waals surface area contributed by atoms with E-state index in [4.69, 9.17) is 4.74 Å². The van der Waals surface area contributed by atoms with Crippen molar-refractivity contribution in [2.75, 3.05) is 25.1 Å². The van der Waals surface area contributed by atoms with Crippen LogP contribution in [0.3, 0.4) is 0 Å². The maximum Gasteiger partial charge on any atom is 0.318 e. The Kier molecular flexibility index (Phi) is 5.60. The van der Waals surface area contributed by atoms with Crippen LogP contribution in [0.4, 0.5) is 10.2 Å². The number of hydrogen-bond donors (Lipinski definition) is 0. The molecule has 0 radical (unpaired) electrons. The predicted molar refractivity (Wildman–Crippen MR) is 132 cm³/mol. The molecule has 0 amide bonds. The van der Waals surface area contributed by atoms with Crippen LogP contribution in [0.15, 0.2) is 36.5 Å². The number of aromatic nitrogens is 3. The van der Waals surface area contributed by atoms with E-state index in [1.54, 1.807) is 6.20 Å². The topological polar surface area (TPSA) is 51.1 Å². The van der Waals surface area contributed by atoms with Gasteiger partial charge in [0.1, 0.15) is 17.0 Å². The van der Waals surface area contributed by atoms with Crippen molar-refractivity contribution in [2.24, 2.45) is 5.92 Å². The highest BCUT2D eigenvalue weighted by atomic mass is 19.1. The molecule has 4 aromatic rings. The van der Waals surface area contributed by atoms with E-state index >= 15 is 4.39 Å². The highest BCUT2D eigenvalue weighted by Gasteiger charge is 2.24. The number of nitrogens with zero attached hydrogens (tertiary/aromatic N) is 4. The summed E-state index contributed by atoms with van der Waals surface area (Å²) in [5.41, 5.74) is 3.61. The van der Waals surface area contributed by atoms with Crippen molar-refractivity contribution in [1.82, 2.24) is 15.0 Å². The summed E-state index contributed by atoms with van der Waals surface area (Å²) < 4.78 is 21.5. The fourth-order valence-electron chi connectivity index (χ4n) is 5.06. The van der Waals surface area contributed by atoms with E-state index in [1.165, 1.54) is 19.1 Å². The van der Waals surface area contributed by atoms with Crippen LogP contribution in [0.5, 0.6) is 6.01 Å². The van der Waals surface area contributed by atoms with E-state index in [0.29, 0.717) is 22.8 Å². The smallest absolute Gasteiger partial charge is 0.318 e. The second kappa shape index (κ2) is 8.58. The van der Waals surface area contributed by atoms with Crippen LogP contribution in [0.25, 0.3) is 32.9 Å². The van der Waals surface area contributed by atoms with Gasteiger partial charge in [-0.25, -0.2) is 4.39 Å². The maximum atomic E-state index is 16.2. The molecular formula is C27H29FN4O. The van der Waals surface area contributed by atoms with Gasteiger partial charge in [0.05, 0.1) is 12.5 Å². The lowest BCUT2D eigenvalue weighted by Gasteiger charge is -2.32. The molecule has 0 aliphatic carbocycles. The lowest BCUT2D eigenvalue weighted by atomic mass is 9.93. The third kappa shape index (κ3) is 3.77. The molecule has 170 valence electrons. The van der Waals surface area contributed by atoms with Gasteiger partial charge in [0.2, 0.25) is 0 Å². The number of fused-ring (bicyclic) bond motifs is 2. The van der Waals surface area contributed by atoms with Crippen molar-refractivity contribution < 1.29 is 9.13 Å². The van der Waals surface area contributed by atoms with Gasteiger partial charge in [-0.15, -0.1) is 0 Å². The summed E-state index contributed by atoms with van der Waals surface area (Å²) in [6.45, 7) is 8.14. The van der Waals surface area contributed by atoms with Gasteiger partial charge < -0.3 is 9.64 Å². The molecule has 6 heteroatoms. The quantitative estimate of drug-likeness (QED) is 0.381. The Balaban J connectivity index is 1.77. The molecular weight excluding hydrogens is 415 g/mol. The summed E-state index contributed by atoms with van der Waals surface area (Å²) in [7, 11) is 1.52. The predicted octanol–water partition coefficient (Wildman–Crippen LogP) is 6.10. The molecule has 1 aliphatic heterocycles. The van der Waals surface area contributed by atoms with Gasteiger partial charge in [0.25, 0.3) is 0 Å². The zero-order valence-electron chi connectivity index (χ0n) is 19.7. The maximum absolute atomic E-state index is 16.2. The Morgan fingerprint density at radius 2 is 2.06 bits per heavy atom. The highest BCUT2D eigenvalue weighted by Crippen LogP contribution is 2.37. The standard InChI is InChI=1S/C27H29FN4O/c1-5-18-9-6-10-19-12-17(3)13-20(22(18)19)24-23(28)25-21(14-29-24)26(31-27(30-25)33-4)32-11-7-8-16(2)15-32/h6,9-10,12-14,16H,5,7-8,11,15H2,1-4H3. The average molecular weight is 445 g/mol. The molecule has 2 aromatic heterocycles. The average Bonchev–Trinajstić information content (AvgIpc) is 2.82. The normalized spacial score (nSPS) is 16.5. The minimum atomic E-state index is -0.433. The summed E-state index contributed by atoms with van der Waals surface area (Å²) in [6, 6.07) is 10.6. The molecule has 0 N–H and O–H groups in total. The zero-order valence-corrected chi connectivity index (χ0v) is 19.7. The first-order valence-corrected chi connectivity index (χ1v) is 11.7. The number of anilines is 1. The molecule has 0 spiro atoms. The first-order chi connectivity index (χ1) is 16.0. The number of rotatable bonds is 4. The van der Waals surface area contributed by atoms with Crippen molar-refractivity contribution in [1.29, 1.82) is 0 Å². The summed E-state index contributed by atoms with van der Waals surface area (Å²) in [6.07, 6.45) is 4.85. The van der Waals surface area contributed by atoms with Crippen LogP contribution >= 0.6 is 0 Å². The number of aryl methyl sites for hydroxylation is 2. The molecule has 1 aliphatic rings. The summed E-state index contributed by atoms with van der Waals surface area (Å²) in [4.78, 5) is 15.9. The first-order valence-electron chi connectivity index (χ1n) is 11.7. The van der Waals surface area contributed by atoms with E-state index in [9.17, 15) is 0 Å². The molecule has 2 aromatic carbocycles. The second-order valence-electron chi connectivity index (χ2n) is 9.09. The number of halogens is 1.